The second-order valence-electron chi connectivity index (χ2n) is 3.24. The van der Waals surface area contributed by atoms with Crippen LogP contribution in [0.1, 0.15) is 6.42 Å². The van der Waals surface area contributed by atoms with Gasteiger partial charge in [0.25, 0.3) is 0 Å². The SMILES string of the molecule is N#CCCNC(=O)CNc1ccc(F)c(F)c1. The van der Waals surface area contributed by atoms with Crippen LogP contribution < -0.4 is 10.6 Å². The first-order chi connectivity index (χ1) is 8.13. The number of nitriles is 1. The highest BCUT2D eigenvalue weighted by molar-refractivity contribution is 5.80. The zero-order chi connectivity index (χ0) is 12.7. The molecule has 1 aromatic rings. The number of nitrogens with zero attached hydrogens (tertiary/aromatic N) is 1. The lowest BCUT2D eigenvalue weighted by Crippen LogP contribution is -2.30. The van der Waals surface area contributed by atoms with E-state index in [0.29, 0.717) is 5.69 Å². The zero-order valence-corrected chi connectivity index (χ0v) is 8.96. The summed E-state index contributed by atoms with van der Waals surface area (Å²) >= 11 is 0. The number of amides is 1. The standard InChI is InChI=1S/C11H11F2N3O/c12-9-3-2-8(6-10(9)13)16-7-11(17)15-5-1-4-14/h2-3,6,16H,1,5,7H2,(H,15,17). The van der Waals surface area contributed by atoms with Crippen LogP contribution in [0.15, 0.2) is 18.2 Å². The van der Waals surface area contributed by atoms with Crippen LogP contribution in [0.2, 0.25) is 0 Å². The molecule has 0 atom stereocenters. The molecule has 2 N–H and O–H groups in total. The summed E-state index contributed by atoms with van der Waals surface area (Å²) in [6.07, 6.45) is 0.233. The number of hydrogen-bond donors (Lipinski definition) is 2. The van der Waals surface area contributed by atoms with E-state index >= 15 is 0 Å². The summed E-state index contributed by atoms with van der Waals surface area (Å²) < 4.78 is 25.4. The third-order valence-electron chi connectivity index (χ3n) is 1.93. The lowest BCUT2D eigenvalue weighted by molar-refractivity contribution is -0.119. The Labute approximate surface area is 97.2 Å². The third kappa shape index (κ3) is 4.47. The van der Waals surface area contributed by atoms with Crippen molar-refractivity contribution in [2.24, 2.45) is 0 Å². The van der Waals surface area contributed by atoms with E-state index in [2.05, 4.69) is 10.6 Å². The van der Waals surface area contributed by atoms with Gasteiger partial charge in [0.1, 0.15) is 0 Å². The van der Waals surface area contributed by atoms with E-state index in [9.17, 15) is 13.6 Å². The number of benzene rings is 1. The summed E-state index contributed by atoms with van der Waals surface area (Å²) in [6, 6.07) is 5.17. The van der Waals surface area contributed by atoms with Gasteiger partial charge in [-0.15, -0.1) is 0 Å². The van der Waals surface area contributed by atoms with E-state index in [0.717, 1.165) is 12.1 Å². The van der Waals surface area contributed by atoms with Gasteiger partial charge in [-0.25, -0.2) is 8.78 Å². The first-order valence-electron chi connectivity index (χ1n) is 4.96. The van der Waals surface area contributed by atoms with Crippen molar-refractivity contribution in [3.8, 4) is 6.07 Å². The van der Waals surface area contributed by atoms with Crippen molar-refractivity contribution in [1.82, 2.24) is 5.32 Å². The smallest absolute Gasteiger partial charge is 0.239 e. The van der Waals surface area contributed by atoms with Crippen LogP contribution in [0.5, 0.6) is 0 Å². The molecule has 0 heterocycles. The van der Waals surface area contributed by atoms with Crippen molar-refractivity contribution >= 4 is 11.6 Å². The van der Waals surface area contributed by atoms with Crippen LogP contribution in [0.25, 0.3) is 0 Å². The molecule has 0 saturated carbocycles. The molecule has 0 unspecified atom stereocenters. The first-order valence-corrected chi connectivity index (χ1v) is 4.96. The van der Waals surface area contributed by atoms with Crippen LogP contribution in [0.3, 0.4) is 0 Å². The van der Waals surface area contributed by atoms with Gasteiger partial charge in [0.2, 0.25) is 5.91 Å². The summed E-state index contributed by atoms with van der Waals surface area (Å²) in [5.74, 6) is -2.22. The van der Waals surface area contributed by atoms with Gasteiger partial charge >= 0.3 is 0 Å². The van der Waals surface area contributed by atoms with Crippen LogP contribution >= 0.6 is 0 Å². The Balaban J connectivity index is 2.37. The Morgan fingerprint density at radius 1 is 1.35 bits per heavy atom. The topological polar surface area (TPSA) is 64.9 Å². The molecule has 0 spiro atoms. The zero-order valence-electron chi connectivity index (χ0n) is 8.96. The number of anilines is 1. The fraction of sp³-hybridized carbons (Fsp3) is 0.273. The molecule has 1 aromatic carbocycles. The van der Waals surface area contributed by atoms with E-state index in [1.54, 1.807) is 0 Å². The minimum absolute atomic E-state index is 0.0590. The molecule has 0 bridgehead atoms. The minimum atomic E-state index is -0.972. The van der Waals surface area contributed by atoms with Crippen LogP contribution in [0, 0.1) is 23.0 Å². The van der Waals surface area contributed by atoms with Crippen molar-refractivity contribution in [2.45, 2.75) is 6.42 Å². The summed E-state index contributed by atoms with van der Waals surface area (Å²) in [4.78, 5) is 11.2. The molecule has 0 aromatic heterocycles. The molecule has 90 valence electrons. The highest BCUT2D eigenvalue weighted by atomic mass is 19.2. The number of carbonyl (C=O) groups excluding carboxylic acids is 1. The highest BCUT2D eigenvalue weighted by Crippen LogP contribution is 2.12. The lowest BCUT2D eigenvalue weighted by atomic mass is 10.3. The van der Waals surface area contributed by atoms with Crippen LogP contribution in [0.4, 0.5) is 14.5 Å². The lowest BCUT2D eigenvalue weighted by Gasteiger charge is -2.06. The maximum atomic E-state index is 12.8. The predicted molar refractivity (Wildman–Crippen MR) is 58.1 cm³/mol. The van der Waals surface area contributed by atoms with E-state index < -0.39 is 11.6 Å². The van der Waals surface area contributed by atoms with Crippen molar-refractivity contribution in [3.05, 3.63) is 29.8 Å². The van der Waals surface area contributed by atoms with Gasteiger partial charge in [0, 0.05) is 18.3 Å². The number of nitrogens with one attached hydrogen (secondary N) is 2. The maximum absolute atomic E-state index is 12.8. The largest absolute Gasteiger partial charge is 0.376 e. The summed E-state index contributed by atoms with van der Waals surface area (Å²) in [5.41, 5.74) is 0.319. The molecule has 1 amide bonds. The number of halogens is 2. The third-order valence-corrected chi connectivity index (χ3v) is 1.93. The molecular weight excluding hydrogens is 228 g/mol. The van der Waals surface area contributed by atoms with Gasteiger partial charge in [0.15, 0.2) is 11.6 Å². The van der Waals surface area contributed by atoms with Crippen molar-refractivity contribution in [2.75, 3.05) is 18.4 Å². The molecule has 6 heteroatoms. The van der Waals surface area contributed by atoms with Crippen molar-refractivity contribution in [1.29, 1.82) is 5.26 Å². The molecule has 17 heavy (non-hydrogen) atoms. The summed E-state index contributed by atoms with van der Waals surface area (Å²) in [6.45, 7) is 0.214. The molecule has 4 nitrogen and oxygen atoms in total. The molecule has 0 aliphatic rings. The maximum Gasteiger partial charge on any atom is 0.239 e. The van der Waals surface area contributed by atoms with E-state index in [4.69, 9.17) is 5.26 Å². The monoisotopic (exact) mass is 239 g/mol. The molecule has 0 radical (unpaired) electrons. The Hall–Kier alpha value is -2.16. The van der Waals surface area contributed by atoms with Crippen LogP contribution in [-0.2, 0) is 4.79 Å². The van der Waals surface area contributed by atoms with Crippen molar-refractivity contribution < 1.29 is 13.6 Å². The normalized spacial score (nSPS) is 9.47. The Morgan fingerprint density at radius 2 is 2.12 bits per heavy atom. The fourth-order valence-corrected chi connectivity index (χ4v) is 1.11. The molecule has 0 aliphatic heterocycles. The fourth-order valence-electron chi connectivity index (χ4n) is 1.11. The number of rotatable bonds is 5. The predicted octanol–water partition coefficient (Wildman–Crippen LogP) is 1.41. The van der Waals surface area contributed by atoms with Gasteiger partial charge < -0.3 is 10.6 Å². The van der Waals surface area contributed by atoms with E-state index in [1.165, 1.54) is 6.07 Å². The second-order valence-corrected chi connectivity index (χ2v) is 3.24. The Morgan fingerprint density at radius 3 is 2.76 bits per heavy atom. The highest BCUT2D eigenvalue weighted by Gasteiger charge is 2.04. The van der Waals surface area contributed by atoms with E-state index in [-0.39, 0.29) is 25.4 Å². The first kappa shape index (κ1) is 12.9. The van der Waals surface area contributed by atoms with E-state index in [1.807, 2.05) is 6.07 Å². The number of carbonyl (C=O) groups is 1. The average molecular weight is 239 g/mol. The summed E-state index contributed by atoms with van der Waals surface area (Å²) in [5, 5.41) is 13.4. The second kappa shape index (κ2) is 6.43. The average Bonchev–Trinajstić information content (AvgIpc) is 2.31. The van der Waals surface area contributed by atoms with Gasteiger partial charge in [-0.3, -0.25) is 4.79 Å². The Bertz CT molecular complexity index is 443. The molecule has 0 aliphatic carbocycles. The van der Waals surface area contributed by atoms with Crippen molar-refractivity contribution in [3.63, 3.8) is 0 Å². The molecule has 0 fully saturated rings. The minimum Gasteiger partial charge on any atom is -0.376 e. The summed E-state index contributed by atoms with van der Waals surface area (Å²) in [7, 11) is 0. The molecule has 1 rings (SSSR count). The molecule has 0 saturated heterocycles. The quantitative estimate of drug-likeness (QED) is 0.763. The number of hydrogen-bond acceptors (Lipinski definition) is 3. The van der Waals surface area contributed by atoms with Crippen LogP contribution in [-0.4, -0.2) is 19.0 Å². The van der Waals surface area contributed by atoms with Gasteiger partial charge in [-0.2, -0.15) is 5.26 Å². The van der Waals surface area contributed by atoms with Gasteiger partial charge in [-0.05, 0) is 12.1 Å². The van der Waals surface area contributed by atoms with Gasteiger partial charge in [0.05, 0.1) is 19.0 Å². The Kier molecular flexibility index (Phi) is 4.88. The van der Waals surface area contributed by atoms with Gasteiger partial charge in [-0.1, -0.05) is 0 Å². The molecular formula is C11H11F2N3O.